The summed E-state index contributed by atoms with van der Waals surface area (Å²) in [5, 5.41) is 14.7. The van der Waals surface area contributed by atoms with Gasteiger partial charge < -0.3 is 20.5 Å². The van der Waals surface area contributed by atoms with E-state index in [1.165, 1.54) is 0 Å². The summed E-state index contributed by atoms with van der Waals surface area (Å²) in [4.78, 5) is 36.9. The fourth-order valence-corrected chi connectivity index (χ4v) is 4.40. The Kier molecular flexibility index (Phi) is 8.31. The van der Waals surface area contributed by atoms with Crippen LogP contribution in [0, 0.1) is 0 Å². The van der Waals surface area contributed by atoms with E-state index in [0.29, 0.717) is 12.8 Å². The van der Waals surface area contributed by atoms with Gasteiger partial charge in [0.15, 0.2) is 0 Å². The van der Waals surface area contributed by atoms with Crippen LogP contribution in [-0.2, 0) is 14.3 Å². The van der Waals surface area contributed by atoms with Crippen molar-refractivity contribution in [3.63, 3.8) is 0 Å². The SMILES string of the molecule is CCCCC(CC(=O)O)NC(=O)C(C)(CC)NC(=O)OCC1c2ccccc2-c2ccccc21. The number of alkyl carbamates (subject to hydrolysis) is 1. The van der Waals surface area contributed by atoms with E-state index in [2.05, 4.69) is 22.8 Å². The molecule has 0 aromatic heterocycles. The Labute approximate surface area is 200 Å². The zero-order valence-electron chi connectivity index (χ0n) is 20.1. The zero-order valence-corrected chi connectivity index (χ0v) is 20.1. The van der Waals surface area contributed by atoms with Gasteiger partial charge in [-0.2, -0.15) is 0 Å². The maximum atomic E-state index is 13.0. The number of nitrogens with one attached hydrogen (secondary N) is 2. The quantitative estimate of drug-likeness (QED) is 0.439. The van der Waals surface area contributed by atoms with Gasteiger partial charge in [-0.3, -0.25) is 9.59 Å². The van der Waals surface area contributed by atoms with E-state index in [9.17, 15) is 19.5 Å². The number of hydrogen-bond donors (Lipinski definition) is 3. The lowest BCUT2D eigenvalue weighted by Gasteiger charge is -2.30. The molecule has 0 saturated carbocycles. The zero-order chi connectivity index (χ0) is 24.7. The van der Waals surface area contributed by atoms with Gasteiger partial charge in [-0.1, -0.05) is 75.2 Å². The lowest BCUT2D eigenvalue weighted by Crippen LogP contribution is -2.58. The topological polar surface area (TPSA) is 105 Å². The van der Waals surface area contributed by atoms with Crippen molar-refractivity contribution in [3.8, 4) is 11.1 Å². The summed E-state index contributed by atoms with van der Waals surface area (Å²) < 4.78 is 5.60. The average molecular weight is 467 g/mol. The van der Waals surface area contributed by atoms with Crippen LogP contribution in [0.1, 0.15) is 69.9 Å². The number of carbonyl (C=O) groups excluding carboxylic acids is 2. The molecule has 2 atom stereocenters. The summed E-state index contributed by atoms with van der Waals surface area (Å²) in [6, 6.07) is 15.7. The monoisotopic (exact) mass is 466 g/mol. The fraction of sp³-hybridized carbons (Fsp3) is 0.444. The minimum Gasteiger partial charge on any atom is -0.481 e. The van der Waals surface area contributed by atoms with Crippen molar-refractivity contribution in [2.24, 2.45) is 0 Å². The Balaban J connectivity index is 1.64. The number of rotatable bonds is 11. The van der Waals surface area contributed by atoms with Gasteiger partial charge >= 0.3 is 12.1 Å². The third-order valence-electron chi connectivity index (χ3n) is 6.59. The van der Waals surface area contributed by atoms with Crippen molar-refractivity contribution in [2.45, 2.75) is 70.4 Å². The van der Waals surface area contributed by atoms with Crippen LogP contribution in [0.5, 0.6) is 0 Å². The van der Waals surface area contributed by atoms with Crippen LogP contribution >= 0.6 is 0 Å². The maximum absolute atomic E-state index is 13.0. The number of carboxylic acid groups (broad SMARTS) is 1. The van der Waals surface area contributed by atoms with E-state index in [-0.39, 0.29) is 18.9 Å². The molecular formula is C27H34N2O5. The average Bonchev–Trinajstić information content (AvgIpc) is 3.14. The third kappa shape index (κ3) is 5.76. The van der Waals surface area contributed by atoms with E-state index in [1.807, 2.05) is 43.3 Å². The minimum atomic E-state index is -1.22. The van der Waals surface area contributed by atoms with Gasteiger partial charge in [-0.25, -0.2) is 4.79 Å². The molecule has 1 aliphatic carbocycles. The summed E-state index contributed by atoms with van der Waals surface area (Å²) in [6.45, 7) is 5.58. The second-order valence-corrected chi connectivity index (χ2v) is 9.05. The Hall–Kier alpha value is -3.35. The van der Waals surface area contributed by atoms with E-state index in [1.54, 1.807) is 13.8 Å². The molecule has 0 bridgehead atoms. The van der Waals surface area contributed by atoms with Crippen LogP contribution in [-0.4, -0.2) is 41.3 Å². The predicted octanol–water partition coefficient (Wildman–Crippen LogP) is 4.84. The molecule has 3 rings (SSSR count). The van der Waals surface area contributed by atoms with Gasteiger partial charge in [0, 0.05) is 12.0 Å². The number of benzene rings is 2. The first kappa shape index (κ1) is 25.3. The van der Waals surface area contributed by atoms with Crippen LogP contribution in [0.3, 0.4) is 0 Å². The maximum Gasteiger partial charge on any atom is 0.408 e. The number of aliphatic carboxylic acids is 1. The number of ether oxygens (including phenoxy) is 1. The fourth-order valence-electron chi connectivity index (χ4n) is 4.40. The number of hydrogen-bond acceptors (Lipinski definition) is 4. The van der Waals surface area contributed by atoms with Crippen LogP contribution in [0.4, 0.5) is 4.79 Å². The Morgan fingerprint density at radius 1 is 1.03 bits per heavy atom. The van der Waals surface area contributed by atoms with Crippen molar-refractivity contribution in [2.75, 3.05) is 6.61 Å². The first-order chi connectivity index (χ1) is 16.3. The second-order valence-electron chi connectivity index (χ2n) is 9.05. The molecule has 0 saturated heterocycles. The molecular weight excluding hydrogens is 432 g/mol. The van der Waals surface area contributed by atoms with Crippen molar-refractivity contribution < 1.29 is 24.2 Å². The summed E-state index contributed by atoms with van der Waals surface area (Å²) in [5.41, 5.74) is 3.29. The van der Waals surface area contributed by atoms with Crippen LogP contribution in [0.25, 0.3) is 11.1 Å². The largest absolute Gasteiger partial charge is 0.481 e. The molecule has 2 aromatic rings. The summed E-state index contributed by atoms with van der Waals surface area (Å²) in [6.07, 6.45) is 1.77. The van der Waals surface area contributed by atoms with Gasteiger partial charge in [0.25, 0.3) is 0 Å². The van der Waals surface area contributed by atoms with Crippen LogP contribution in [0.2, 0.25) is 0 Å². The lowest BCUT2D eigenvalue weighted by atomic mass is 9.96. The molecule has 34 heavy (non-hydrogen) atoms. The molecule has 0 aliphatic heterocycles. The second kappa shape index (κ2) is 11.2. The van der Waals surface area contributed by atoms with E-state index < -0.39 is 29.6 Å². The smallest absolute Gasteiger partial charge is 0.408 e. The number of carbonyl (C=O) groups is 3. The van der Waals surface area contributed by atoms with Crippen molar-refractivity contribution in [1.82, 2.24) is 10.6 Å². The van der Waals surface area contributed by atoms with Crippen LogP contribution in [0.15, 0.2) is 48.5 Å². The highest BCUT2D eigenvalue weighted by molar-refractivity contribution is 5.90. The first-order valence-corrected chi connectivity index (χ1v) is 11.9. The van der Waals surface area contributed by atoms with Crippen LogP contribution < -0.4 is 10.6 Å². The highest BCUT2D eigenvalue weighted by Crippen LogP contribution is 2.44. The number of amides is 2. The highest BCUT2D eigenvalue weighted by atomic mass is 16.5. The van der Waals surface area contributed by atoms with Crippen molar-refractivity contribution in [3.05, 3.63) is 59.7 Å². The Morgan fingerprint density at radius 3 is 2.15 bits per heavy atom. The molecule has 2 aromatic carbocycles. The molecule has 0 spiro atoms. The van der Waals surface area contributed by atoms with Gasteiger partial charge in [-0.05, 0) is 42.0 Å². The Bertz CT molecular complexity index is 992. The highest BCUT2D eigenvalue weighted by Gasteiger charge is 2.36. The summed E-state index contributed by atoms with van der Waals surface area (Å²) in [5.74, 6) is -1.45. The van der Waals surface area contributed by atoms with Gasteiger partial charge in [0.2, 0.25) is 5.91 Å². The molecule has 3 N–H and O–H groups in total. The molecule has 2 amide bonds. The molecule has 7 nitrogen and oxygen atoms in total. The number of fused-ring (bicyclic) bond motifs is 3. The minimum absolute atomic E-state index is 0.0751. The molecule has 0 heterocycles. The van der Waals surface area contributed by atoms with Crippen molar-refractivity contribution in [1.29, 1.82) is 0 Å². The van der Waals surface area contributed by atoms with E-state index >= 15 is 0 Å². The molecule has 182 valence electrons. The van der Waals surface area contributed by atoms with E-state index in [4.69, 9.17) is 4.74 Å². The lowest BCUT2D eigenvalue weighted by molar-refractivity contribution is -0.138. The predicted molar refractivity (Wildman–Crippen MR) is 131 cm³/mol. The van der Waals surface area contributed by atoms with Gasteiger partial charge in [0.1, 0.15) is 12.1 Å². The first-order valence-electron chi connectivity index (χ1n) is 11.9. The number of unbranched alkanes of at least 4 members (excludes halogenated alkanes) is 1. The van der Waals surface area contributed by atoms with Gasteiger partial charge in [-0.15, -0.1) is 0 Å². The molecule has 0 fully saturated rings. The normalized spacial score (nSPS) is 14.9. The standard InChI is InChI=1S/C27H34N2O5/c1-4-6-11-18(16-24(30)31)28-25(32)27(3,5-2)29-26(33)34-17-23-21-14-9-7-12-19(21)20-13-8-10-15-22(20)23/h7-10,12-15,18,23H,4-6,11,16-17H2,1-3H3,(H,28,32)(H,29,33)(H,30,31). The molecule has 7 heteroatoms. The van der Waals surface area contributed by atoms with Crippen molar-refractivity contribution >= 4 is 18.0 Å². The van der Waals surface area contributed by atoms with E-state index in [0.717, 1.165) is 35.1 Å². The Morgan fingerprint density at radius 2 is 1.62 bits per heavy atom. The summed E-state index contributed by atoms with van der Waals surface area (Å²) in [7, 11) is 0. The molecule has 2 unspecified atom stereocenters. The number of carboxylic acids is 1. The van der Waals surface area contributed by atoms with Gasteiger partial charge in [0.05, 0.1) is 6.42 Å². The third-order valence-corrected chi connectivity index (χ3v) is 6.59. The summed E-state index contributed by atoms with van der Waals surface area (Å²) >= 11 is 0. The molecule has 1 aliphatic rings. The molecule has 0 radical (unpaired) electrons.